The van der Waals surface area contributed by atoms with Crippen LogP contribution in [0.15, 0.2) is 115 Å². The van der Waals surface area contributed by atoms with Crippen LogP contribution in [0.2, 0.25) is 0 Å². The molecule has 10 nitrogen and oxygen atoms in total. The number of hydrogen-bond donors (Lipinski definition) is 1. The summed E-state index contributed by atoms with van der Waals surface area (Å²) in [5.74, 6) is -0.0625. The molecule has 1 N–H and O–H groups in total. The van der Waals surface area contributed by atoms with Gasteiger partial charge in [0.1, 0.15) is 0 Å². The normalized spacial score (nSPS) is 11.0. The molecule has 0 aliphatic heterocycles. The minimum Gasteiger partial charge on any atom is -0.512 e. The van der Waals surface area contributed by atoms with Crippen molar-refractivity contribution in [2.24, 2.45) is 0 Å². The van der Waals surface area contributed by atoms with Crippen molar-refractivity contribution in [3.63, 3.8) is 0 Å². The fourth-order valence-corrected chi connectivity index (χ4v) is 7.07. The van der Waals surface area contributed by atoms with E-state index in [0.29, 0.717) is 32.3 Å². The average molecular weight is 935 g/mol. The van der Waals surface area contributed by atoms with Gasteiger partial charge in [-0.1, -0.05) is 47.2 Å². The largest absolute Gasteiger partial charge is 0.512 e. The van der Waals surface area contributed by atoms with Crippen LogP contribution in [-0.2, 0) is 24.9 Å². The fraction of sp³-hybridized carbons (Fsp3) is 0.146. The van der Waals surface area contributed by atoms with Gasteiger partial charge in [-0.25, -0.2) is 0 Å². The molecular formula is C41H34IrN4O6S2-2. The van der Waals surface area contributed by atoms with Crippen LogP contribution in [0.4, 0.5) is 11.4 Å². The number of rotatable bonds is 5. The first kappa shape index (κ1) is 39.7. The van der Waals surface area contributed by atoms with E-state index in [0.717, 1.165) is 42.6 Å². The number of allylic oxidation sites excluding steroid dienone is 2. The molecule has 54 heavy (non-hydrogen) atoms. The van der Waals surface area contributed by atoms with Gasteiger partial charge in [0.05, 0.1) is 38.0 Å². The molecule has 4 aromatic heterocycles. The smallest absolute Gasteiger partial charge is 0.269 e. The third-order valence-electron chi connectivity index (χ3n) is 7.72. The molecule has 0 bridgehead atoms. The van der Waals surface area contributed by atoms with Crippen LogP contribution >= 0.6 is 22.7 Å². The monoisotopic (exact) mass is 935 g/mol. The van der Waals surface area contributed by atoms with Gasteiger partial charge in [-0.3, -0.25) is 24.4 Å². The van der Waals surface area contributed by atoms with Crippen molar-refractivity contribution in [1.29, 1.82) is 0 Å². The van der Waals surface area contributed by atoms with Crippen LogP contribution in [0.3, 0.4) is 0 Å². The summed E-state index contributed by atoms with van der Waals surface area (Å²) in [7, 11) is 7.77. The van der Waals surface area contributed by atoms with E-state index in [1.54, 1.807) is 0 Å². The molecule has 0 unspecified atom stereocenters. The van der Waals surface area contributed by atoms with Crippen LogP contribution in [-0.4, -0.2) is 49.0 Å². The Morgan fingerprint density at radius 1 is 0.685 bits per heavy atom. The zero-order chi connectivity index (χ0) is 37.8. The molecule has 0 aliphatic carbocycles. The summed E-state index contributed by atoms with van der Waals surface area (Å²) in [6, 6.07) is 33.4. The number of aliphatic hydroxyl groups is 1. The number of carbonyl (C=O) groups is 1. The summed E-state index contributed by atoms with van der Waals surface area (Å²) in [4.78, 5) is 47.7. The molecule has 4 aromatic carbocycles. The van der Waals surface area contributed by atoms with Crippen LogP contribution in [0.25, 0.3) is 63.5 Å². The van der Waals surface area contributed by atoms with Gasteiger partial charge in [0.2, 0.25) is 0 Å². The molecule has 0 saturated heterocycles. The molecule has 0 aliphatic rings. The minimum absolute atomic E-state index is 0. The van der Waals surface area contributed by atoms with Gasteiger partial charge in [-0.2, -0.15) is 22.7 Å². The maximum atomic E-state index is 12.3. The van der Waals surface area contributed by atoms with Crippen LogP contribution in [0.1, 0.15) is 13.8 Å². The quantitative estimate of drug-likeness (QED) is 0.0773. The first-order valence-electron chi connectivity index (χ1n) is 16.3. The summed E-state index contributed by atoms with van der Waals surface area (Å²) in [5, 5.41) is 11.2. The molecule has 1 radical (unpaired) electrons. The number of hydrogen-bond acceptors (Lipinski definition) is 12. The molecule has 277 valence electrons. The average Bonchev–Trinajstić information content (AvgIpc) is 3.75. The second kappa shape index (κ2) is 17.1. The zero-order valence-corrected chi connectivity index (χ0v) is 34.1. The van der Waals surface area contributed by atoms with Crippen molar-refractivity contribution in [3.05, 3.63) is 130 Å². The molecule has 0 atom stereocenters. The molecule has 0 fully saturated rings. The SMILES string of the molecule is CC(=O)/C=C(/C)O.CN(C)c1ccc2[c-]c(-c3nc4ccccc4s3)c(=O)oc2c1.CN(C)c1ccc2[c-]c(-c3nc4ccccc4s3)c(=O)oc2c1.[Ir]. The Labute approximate surface area is 332 Å². The molecule has 0 spiro atoms. The van der Waals surface area contributed by atoms with Crippen molar-refractivity contribution < 1.29 is 38.8 Å². The Morgan fingerprint density at radius 2 is 1.09 bits per heavy atom. The van der Waals surface area contributed by atoms with Crippen molar-refractivity contribution in [1.82, 2.24) is 9.97 Å². The van der Waals surface area contributed by atoms with E-state index in [9.17, 15) is 14.4 Å². The number of thiazole rings is 2. The number of para-hydroxylation sites is 2. The van der Waals surface area contributed by atoms with Crippen molar-refractivity contribution >= 4 is 82.2 Å². The third-order valence-corrected chi connectivity index (χ3v) is 9.83. The van der Waals surface area contributed by atoms with Gasteiger partial charge < -0.3 is 23.7 Å². The van der Waals surface area contributed by atoms with Crippen molar-refractivity contribution in [3.8, 4) is 21.1 Å². The Kier molecular flexibility index (Phi) is 12.6. The maximum Gasteiger partial charge on any atom is 0.269 e. The fourth-order valence-electron chi connectivity index (χ4n) is 5.16. The molecule has 4 heterocycles. The molecule has 13 heteroatoms. The van der Waals surface area contributed by atoms with Crippen LogP contribution < -0.4 is 21.1 Å². The van der Waals surface area contributed by atoms with E-state index < -0.39 is 11.3 Å². The third kappa shape index (κ3) is 9.18. The topological polar surface area (TPSA) is 130 Å². The number of fused-ring (bicyclic) bond motifs is 4. The molecular weight excluding hydrogens is 901 g/mol. The predicted octanol–water partition coefficient (Wildman–Crippen LogP) is 8.91. The Bertz CT molecular complexity index is 2520. The molecule has 0 amide bonds. The second-order valence-corrected chi connectivity index (χ2v) is 14.4. The second-order valence-electron chi connectivity index (χ2n) is 12.3. The maximum absolute atomic E-state index is 12.3. The van der Waals surface area contributed by atoms with E-state index in [1.807, 2.05) is 123 Å². The predicted molar refractivity (Wildman–Crippen MR) is 216 cm³/mol. The first-order valence-corrected chi connectivity index (χ1v) is 17.9. The summed E-state index contributed by atoms with van der Waals surface area (Å²) in [6.45, 7) is 2.85. The molecule has 0 saturated carbocycles. The van der Waals surface area contributed by atoms with Gasteiger partial charge in [0.15, 0.2) is 5.78 Å². The Morgan fingerprint density at radius 3 is 1.43 bits per heavy atom. The Balaban J connectivity index is 0.000000174. The van der Waals surface area contributed by atoms with Gasteiger partial charge in [0.25, 0.3) is 11.3 Å². The van der Waals surface area contributed by atoms with Crippen molar-refractivity contribution in [2.45, 2.75) is 13.8 Å². The van der Waals surface area contributed by atoms with Gasteiger partial charge in [0, 0.05) is 75.1 Å². The summed E-state index contributed by atoms with van der Waals surface area (Å²) >= 11 is 2.94. The number of benzene rings is 4. The summed E-state index contributed by atoms with van der Waals surface area (Å²) in [5.41, 5.74) is 4.72. The van der Waals surface area contributed by atoms with Crippen LogP contribution in [0.5, 0.6) is 0 Å². The van der Waals surface area contributed by atoms with E-state index in [-0.39, 0.29) is 31.6 Å². The van der Waals surface area contributed by atoms with E-state index >= 15 is 0 Å². The molecule has 8 rings (SSSR count). The number of carbonyl (C=O) groups excluding carboxylic acids is 1. The molecule has 8 aromatic rings. The summed E-state index contributed by atoms with van der Waals surface area (Å²) in [6.07, 6.45) is 1.17. The van der Waals surface area contributed by atoms with Gasteiger partial charge in [-0.15, -0.1) is 24.3 Å². The number of anilines is 2. The Hall–Kier alpha value is -5.46. The number of aromatic nitrogens is 2. The first-order chi connectivity index (χ1) is 25.4. The van der Waals surface area contributed by atoms with E-state index in [4.69, 9.17) is 13.9 Å². The van der Waals surface area contributed by atoms with E-state index in [1.165, 1.54) is 42.6 Å². The number of ketones is 1. The standard InChI is InChI=1S/2C18H13N2O2S.C5H8O2.Ir/c2*1-20(2)12-8-7-11-9-13(18(21)22-15(11)10-12)17-19-14-5-3-4-6-16(14)23-17;1-4(6)3-5(2)7;/h2*3-8,10H,1-2H3;3,6H,1-2H3;/q2*-1;;/b;;4-3-;. The zero-order valence-electron chi connectivity index (χ0n) is 30.1. The van der Waals surface area contributed by atoms with Crippen LogP contribution in [0, 0.1) is 12.1 Å². The van der Waals surface area contributed by atoms with E-state index in [2.05, 4.69) is 22.1 Å². The number of nitrogens with zero attached hydrogens (tertiary/aromatic N) is 4. The van der Waals surface area contributed by atoms with Crippen molar-refractivity contribution in [2.75, 3.05) is 38.0 Å². The van der Waals surface area contributed by atoms with Gasteiger partial charge >= 0.3 is 0 Å². The summed E-state index contributed by atoms with van der Waals surface area (Å²) < 4.78 is 13.1. The minimum atomic E-state index is -0.410. The number of aliphatic hydroxyl groups excluding tert-OH is 1. The van der Waals surface area contributed by atoms with Gasteiger partial charge in [-0.05, 0) is 61.4 Å².